The summed E-state index contributed by atoms with van der Waals surface area (Å²) in [6, 6.07) is 18.3. The van der Waals surface area contributed by atoms with Crippen molar-refractivity contribution < 1.29 is 27.5 Å². The third-order valence-corrected chi connectivity index (χ3v) is 7.24. The first-order valence-corrected chi connectivity index (χ1v) is 14.4. The van der Waals surface area contributed by atoms with Gasteiger partial charge in [0.05, 0.1) is 23.6 Å². The van der Waals surface area contributed by atoms with Gasteiger partial charge in [0.15, 0.2) is 0 Å². The van der Waals surface area contributed by atoms with E-state index < -0.39 is 21.5 Å². The summed E-state index contributed by atoms with van der Waals surface area (Å²) < 4.78 is 37.6. The Hall–Kier alpha value is -4.10. The molecule has 0 aliphatic carbocycles. The average molecular weight is 550 g/mol. The van der Waals surface area contributed by atoms with Crippen LogP contribution in [0.3, 0.4) is 0 Å². The first-order valence-electron chi connectivity index (χ1n) is 12.6. The van der Waals surface area contributed by atoms with E-state index in [9.17, 15) is 23.3 Å². The molecule has 0 radical (unpaired) electrons. The van der Waals surface area contributed by atoms with Crippen molar-refractivity contribution >= 4 is 38.5 Å². The Bertz CT molecular complexity index is 1530. The van der Waals surface area contributed by atoms with Crippen LogP contribution in [0.15, 0.2) is 60.7 Å². The monoisotopic (exact) mass is 549 g/mol. The number of amides is 2. The Kier molecular flexibility index (Phi) is 7.84. The maximum atomic E-state index is 13.4. The zero-order valence-electron chi connectivity index (χ0n) is 22.4. The number of sulfonamides is 1. The molecule has 1 aliphatic rings. The first kappa shape index (κ1) is 27.9. The van der Waals surface area contributed by atoms with Crippen LogP contribution in [-0.2, 0) is 14.8 Å². The predicted octanol–water partition coefficient (Wildman–Crippen LogP) is 5.10. The number of ether oxygens (including phenoxy) is 2. The van der Waals surface area contributed by atoms with Crippen molar-refractivity contribution in [2.75, 3.05) is 23.7 Å². The molecular formula is C29H31N3O6S. The summed E-state index contributed by atoms with van der Waals surface area (Å²) in [5, 5.41) is 10.7. The molecule has 0 unspecified atom stereocenters. The minimum absolute atomic E-state index is 0.113. The molecule has 10 heteroatoms. The topological polar surface area (TPSA) is 117 Å². The Labute approximate surface area is 228 Å². The van der Waals surface area contributed by atoms with Gasteiger partial charge in [-0.25, -0.2) is 17.5 Å². The van der Waals surface area contributed by atoms with E-state index in [4.69, 9.17) is 9.47 Å². The van der Waals surface area contributed by atoms with Crippen molar-refractivity contribution in [3.63, 3.8) is 0 Å². The van der Waals surface area contributed by atoms with Gasteiger partial charge in [0.1, 0.15) is 17.5 Å². The van der Waals surface area contributed by atoms with E-state index in [1.54, 1.807) is 53.4 Å². The summed E-state index contributed by atoms with van der Waals surface area (Å²) >= 11 is 0. The molecule has 3 aromatic carbocycles. The third-order valence-electron chi connectivity index (χ3n) is 6.20. The van der Waals surface area contributed by atoms with Gasteiger partial charge in [-0.1, -0.05) is 12.1 Å². The first-order chi connectivity index (χ1) is 18.3. The zero-order chi connectivity index (χ0) is 28.4. The van der Waals surface area contributed by atoms with E-state index in [1.165, 1.54) is 12.1 Å². The van der Waals surface area contributed by atoms with Crippen molar-refractivity contribution in [1.29, 1.82) is 5.26 Å². The quantitative estimate of drug-likeness (QED) is 0.435. The van der Waals surface area contributed by atoms with Crippen molar-refractivity contribution in [3.05, 3.63) is 71.8 Å². The fraction of sp³-hybridized carbons (Fsp3) is 0.345. The lowest BCUT2D eigenvalue weighted by molar-refractivity contribution is 0.0126. The maximum Gasteiger partial charge on any atom is 0.410 e. The molecule has 9 nitrogen and oxygen atoms in total. The van der Waals surface area contributed by atoms with Crippen LogP contribution in [0, 0.1) is 11.3 Å². The standard InChI is InChI=1S/C29H31N3O6S/c1-29(2,3)38-28(34)31-15-13-26(14-16-31)37-25-11-9-24(10-12-25)32(39(4,35)36)27(33)22-8-7-21-6-5-20(19-30)17-23(21)18-22/h5-12,17-18,26H,13-16H2,1-4H3. The molecule has 204 valence electrons. The molecule has 1 aliphatic heterocycles. The minimum Gasteiger partial charge on any atom is -0.490 e. The molecule has 0 spiro atoms. The second-order valence-corrected chi connectivity index (χ2v) is 12.3. The summed E-state index contributed by atoms with van der Waals surface area (Å²) in [4.78, 5) is 27.3. The van der Waals surface area contributed by atoms with Gasteiger partial charge in [-0.2, -0.15) is 5.26 Å². The summed E-state index contributed by atoms with van der Waals surface area (Å²) in [5.74, 6) is -0.171. The number of hydrogen-bond donors (Lipinski definition) is 0. The van der Waals surface area contributed by atoms with Crippen LogP contribution < -0.4 is 9.04 Å². The molecule has 4 rings (SSSR count). The molecule has 0 aromatic heterocycles. The summed E-state index contributed by atoms with van der Waals surface area (Å²) in [7, 11) is -3.96. The summed E-state index contributed by atoms with van der Waals surface area (Å²) in [6.45, 7) is 6.51. The number of carbonyl (C=O) groups is 2. The maximum absolute atomic E-state index is 13.4. The molecule has 1 saturated heterocycles. The molecule has 1 heterocycles. The van der Waals surface area contributed by atoms with Crippen LogP contribution in [0.4, 0.5) is 10.5 Å². The number of nitrogens with zero attached hydrogens (tertiary/aromatic N) is 3. The van der Waals surface area contributed by atoms with E-state index in [0.717, 1.165) is 15.9 Å². The normalized spacial score (nSPS) is 14.5. The number of likely N-dealkylation sites (tertiary alicyclic amines) is 1. The van der Waals surface area contributed by atoms with Crippen LogP contribution in [-0.4, -0.2) is 56.4 Å². The van der Waals surface area contributed by atoms with Gasteiger partial charge in [-0.05, 0) is 80.1 Å². The largest absolute Gasteiger partial charge is 0.490 e. The van der Waals surface area contributed by atoms with Crippen LogP contribution in [0.2, 0.25) is 0 Å². The average Bonchev–Trinajstić information content (AvgIpc) is 2.87. The van der Waals surface area contributed by atoms with E-state index in [0.29, 0.717) is 42.6 Å². The number of rotatable bonds is 5. The number of anilines is 1. The van der Waals surface area contributed by atoms with Crippen molar-refractivity contribution in [1.82, 2.24) is 4.90 Å². The van der Waals surface area contributed by atoms with Gasteiger partial charge < -0.3 is 14.4 Å². The summed E-state index contributed by atoms with van der Waals surface area (Å²) in [5.41, 5.74) is 0.251. The Balaban J connectivity index is 1.46. The predicted molar refractivity (Wildman–Crippen MR) is 148 cm³/mol. The van der Waals surface area contributed by atoms with Crippen molar-refractivity contribution in [2.45, 2.75) is 45.3 Å². The SMILES string of the molecule is CC(C)(C)OC(=O)N1CCC(Oc2ccc(N(C(=O)c3ccc4ccc(C#N)cc4c3)S(C)(=O)=O)cc2)CC1. The highest BCUT2D eigenvalue weighted by molar-refractivity contribution is 7.92. The smallest absolute Gasteiger partial charge is 0.410 e. The van der Waals surface area contributed by atoms with Crippen LogP contribution in [0.25, 0.3) is 10.8 Å². The molecule has 0 bridgehead atoms. The highest BCUT2D eigenvalue weighted by Gasteiger charge is 2.29. The van der Waals surface area contributed by atoms with Gasteiger partial charge in [-0.15, -0.1) is 0 Å². The molecule has 0 saturated carbocycles. The van der Waals surface area contributed by atoms with Gasteiger partial charge in [0, 0.05) is 31.5 Å². The van der Waals surface area contributed by atoms with Crippen molar-refractivity contribution in [3.8, 4) is 11.8 Å². The lowest BCUT2D eigenvalue weighted by Crippen LogP contribution is -2.44. The second kappa shape index (κ2) is 10.9. The zero-order valence-corrected chi connectivity index (χ0v) is 23.2. The van der Waals surface area contributed by atoms with Gasteiger partial charge in [0.2, 0.25) is 10.0 Å². The molecule has 1 fully saturated rings. The number of hydrogen-bond acceptors (Lipinski definition) is 7. The Morgan fingerprint density at radius 3 is 2.21 bits per heavy atom. The summed E-state index contributed by atoms with van der Waals surface area (Å²) in [6.07, 6.45) is 1.78. The van der Waals surface area contributed by atoms with E-state index >= 15 is 0 Å². The fourth-order valence-corrected chi connectivity index (χ4v) is 5.27. The molecular weight excluding hydrogens is 518 g/mol. The van der Waals surface area contributed by atoms with Gasteiger partial charge in [-0.3, -0.25) is 4.79 Å². The molecule has 3 aromatic rings. The van der Waals surface area contributed by atoms with Gasteiger partial charge in [0.25, 0.3) is 5.91 Å². The van der Waals surface area contributed by atoms with E-state index in [2.05, 4.69) is 6.07 Å². The molecule has 0 atom stereocenters. The van der Waals surface area contributed by atoms with E-state index in [-0.39, 0.29) is 23.4 Å². The lowest BCUT2D eigenvalue weighted by Gasteiger charge is -2.33. The number of fused-ring (bicyclic) bond motifs is 1. The van der Waals surface area contributed by atoms with Gasteiger partial charge >= 0.3 is 6.09 Å². The Morgan fingerprint density at radius 2 is 1.62 bits per heavy atom. The molecule has 2 amide bonds. The van der Waals surface area contributed by atoms with E-state index in [1.807, 2.05) is 20.8 Å². The molecule has 39 heavy (non-hydrogen) atoms. The number of benzene rings is 3. The number of piperidine rings is 1. The third kappa shape index (κ3) is 6.86. The highest BCUT2D eigenvalue weighted by atomic mass is 32.2. The second-order valence-electron chi connectivity index (χ2n) is 10.5. The fourth-order valence-electron chi connectivity index (χ4n) is 4.36. The highest BCUT2D eigenvalue weighted by Crippen LogP contribution is 2.27. The van der Waals surface area contributed by atoms with Crippen LogP contribution in [0.1, 0.15) is 49.5 Å². The minimum atomic E-state index is -3.96. The number of nitriles is 1. The Morgan fingerprint density at radius 1 is 0.974 bits per heavy atom. The van der Waals surface area contributed by atoms with Crippen LogP contribution >= 0.6 is 0 Å². The number of carbonyl (C=O) groups excluding carboxylic acids is 2. The van der Waals surface area contributed by atoms with Crippen LogP contribution in [0.5, 0.6) is 5.75 Å². The molecule has 0 N–H and O–H groups in total. The lowest BCUT2D eigenvalue weighted by atomic mass is 10.0. The van der Waals surface area contributed by atoms with Crippen molar-refractivity contribution in [2.24, 2.45) is 0 Å².